The molecule has 2 atom stereocenters. The van der Waals surface area contributed by atoms with Crippen LogP contribution in [-0.2, 0) is 14.3 Å². The molecule has 0 aliphatic carbocycles. The van der Waals surface area contributed by atoms with Crippen molar-refractivity contribution < 1.29 is 24.5 Å². The van der Waals surface area contributed by atoms with E-state index in [0.29, 0.717) is 25.9 Å². The number of carbonyl (C=O) groups excluding carboxylic acids is 2. The van der Waals surface area contributed by atoms with Gasteiger partial charge in [0.25, 0.3) is 0 Å². The van der Waals surface area contributed by atoms with E-state index in [1.165, 1.54) is 128 Å². The molecule has 53 heavy (non-hydrogen) atoms. The third-order valence-corrected chi connectivity index (χ3v) is 10.5. The molecule has 2 unspecified atom stereocenters. The van der Waals surface area contributed by atoms with E-state index in [-0.39, 0.29) is 18.5 Å². The molecule has 0 rings (SSSR count). The fraction of sp³-hybridized carbons (Fsp3) is 0.872. The first kappa shape index (κ1) is 51.3. The normalized spacial score (nSPS) is 12.9. The number of nitrogens with one attached hydrogen (secondary N) is 1. The van der Waals surface area contributed by atoms with Gasteiger partial charge in [0.15, 0.2) is 0 Å². The average molecular weight is 748 g/mol. The molecule has 0 aliphatic rings. The number of hydrogen-bond donors (Lipinski definition) is 3. The fourth-order valence-electron chi connectivity index (χ4n) is 6.86. The zero-order chi connectivity index (χ0) is 38.7. The molecule has 0 aromatic heterocycles. The van der Waals surface area contributed by atoms with Crippen LogP contribution in [0.25, 0.3) is 0 Å². The van der Waals surface area contributed by atoms with Gasteiger partial charge in [0.1, 0.15) is 0 Å². The number of allylic oxidation sites excluding steroid dienone is 4. The van der Waals surface area contributed by atoms with Gasteiger partial charge in [0.2, 0.25) is 5.91 Å². The zero-order valence-corrected chi connectivity index (χ0v) is 35.2. The molecule has 1 amide bonds. The van der Waals surface area contributed by atoms with E-state index in [2.05, 4.69) is 43.5 Å². The Morgan fingerprint density at radius 2 is 0.887 bits per heavy atom. The minimum Gasteiger partial charge on any atom is -0.466 e. The van der Waals surface area contributed by atoms with Crippen LogP contribution in [0.3, 0.4) is 0 Å². The Labute approximate surface area is 329 Å². The van der Waals surface area contributed by atoms with Crippen LogP contribution in [0, 0.1) is 0 Å². The van der Waals surface area contributed by atoms with Crippen LogP contribution in [0.5, 0.6) is 0 Å². The van der Waals surface area contributed by atoms with Crippen LogP contribution in [0.2, 0.25) is 0 Å². The maximum atomic E-state index is 12.4. The molecule has 0 radical (unpaired) electrons. The predicted octanol–water partition coefficient (Wildman–Crippen LogP) is 13.2. The number of carbonyl (C=O) groups is 2. The highest BCUT2D eigenvalue weighted by atomic mass is 16.5. The molecule has 0 fully saturated rings. The molecule has 0 aliphatic heterocycles. The van der Waals surface area contributed by atoms with E-state index in [9.17, 15) is 19.8 Å². The predicted molar refractivity (Wildman–Crippen MR) is 227 cm³/mol. The zero-order valence-electron chi connectivity index (χ0n) is 35.2. The second kappa shape index (κ2) is 43.1. The minimum atomic E-state index is -0.685. The van der Waals surface area contributed by atoms with Crippen molar-refractivity contribution in [2.75, 3.05) is 13.2 Å². The summed E-state index contributed by atoms with van der Waals surface area (Å²) in [5.41, 5.74) is 0. The van der Waals surface area contributed by atoms with E-state index >= 15 is 0 Å². The summed E-state index contributed by atoms with van der Waals surface area (Å²) in [6, 6.07) is -0.565. The van der Waals surface area contributed by atoms with Crippen LogP contribution in [0.1, 0.15) is 239 Å². The van der Waals surface area contributed by atoms with Crippen molar-refractivity contribution in [1.29, 1.82) is 0 Å². The Balaban J connectivity index is 3.55. The summed E-state index contributed by atoms with van der Waals surface area (Å²) >= 11 is 0. The van der Waals surface area contributed by atoms with Crippen molar-refractivity contribution in [3.63, 3.8) is 0 Å². The molecule has 0 saturated carbocycles. The van der Waals surface area contributed by atoms with E-state index < -0.39 is 12.1 Å². The number of amides is 1. The number of rotatable bonds is 42. The van der Waals surface area contributed by atoms with Crippen LogP contribution in [0.4, 0.5) is 0 Å². The monoisotopic (exact) mass is 748 g/mol. The highest BCUT2D eigenvalue weighted by Gasteiger charge is 2.20. The minimum absolute atomic E-state index is 0.0462. The SMILES string of the molecule is CCCCCC/C=C\CCCCCCCC(=O)OCCCC/C=C\CCCCCCC(=O)NC(CO)C(O)CCCCCCCCCCCCCCC. The molecular formula is C47H89NO5. The lowest BCUT2D eigenvalue weighted by Crippen LogP contribution is -2.45. The summed E-state index contributed by atoms with van der Waals surface area (Å²) in [7, 11) is 0. The second-order valence-corrected chi connectivity index (χ2v) is 15.7. The summed E-state index contributed by atoms with van der Waals surface area (Å²) in [4.78, 5) is 24.4. The Morgan fingerprint density at radius 3 is 1.36 bits per heavy atom. The van der Waals surface area contributed by atoms with Crippen molar-refractivity contribution in [1.82, 2.24) is 5.32 Å². The summed E-state index contributed by atoms with van der Waals surface area (Å²) in [6.45, 7) is 4.83. The summed E-state index contributed by atoms with van der Waals surface area (Å²) in [6.07, 6.45) is 48.5. The highest BCUT2D eigenvalue weighted by Crippen LogP contribution is 2.15. The van der Waals surface area contributed by atoms with Crippen LogP contribution in [-0.4, -0.2) is 47.4 Å². The maximum absolute atomic E-state index is 12.4. The van der Waals surface area contributed by atoms with E-state index in [1.54, 1.807) is 0 Å². The van der Waals surface area contributed by atoms with Crippen molar-refractivity contribution in [2.24, 2.45) is 0 Å². The number of hydrogen-bond acceptors (Lipinski definition) is 5. The van der Waals surface area contributed by atoms with Gasteiger partial charge in [-0.2, -0.15) is 0 Å². The standard InChI is InChI=1S/C47H89NO5/c1-3-5-7-9-11-13-15-17-19-23-27-31-35-39-45(50)44(43-49)48-46(51)40-36-32-28-24-21-22-26-30-34-38-42-53-47(52)41-37-33-29-25-20-18-16-14-12-10-8-6-4-2/h14,16,22,26,44-45,49-50H,3-13,15,17-21,23-25,27-43H2,1-2H3,(H,48,51)/b16-14-,26-22-. The topological polar surface area (TPSA) is 95.9 Å². The Bertz CT molecular complexity index is 828. The van der Waals surface area contributed by atoms with E-state index in [1.807, 2.05) is 0 Å². The third-order valence-electron chi connectivity index (χ3n) is 10.5. The van der Waals surface area contributed by atoms with Gasteiger partial charge in [-0.05, 0) is 77.0 Å². The van der Waals surface area contributed by atoms with Gasteiger partial charge >= 0.3 is 5.97 Å². The fourth-order valence-corrected chi connectivity index (χ4v) is 6.86. The lowest BCUT2D eigenvalue weighted by atomic mass is 10.0. The lowest BCUT2D eigenvalue weighted by Gasteiger charge is -2.22. The van der Waals surface area contributed by atoms with Crippen molar-refractivity contribution in [2.45, 2.75) is 251 Å². The summed E-state index contributed by atoms with van der Waals surface area (Å²) in [5, 5.41) is 23.1. The first-order chi connectivity index (χ1) is 26.0. The highest BCUT2D eigenvalue weighted by molar-refractivity contribution is 5.76. The smallest absolute Gasteiger partial charge is 0.305 e. The van der Waals surface area contributed by atoms with Gasteiger partial charge in [-0.1, -0.05) is 173 Å². The largest absolute Gasteiger partial charge is 0.466 e. The number of ether oxygens (including phenoxy) is 1. The molecule has 0 bridgehead atoms. The molecule has 6 heteroatoms. The molecular weight excluding hydrogens is 659 g/mol. The number of aliphatic hydroxyl groups excluding tert-OH is 2. The quantitative estimate of drug-likeness (QED) is 0.0328. The first-order valence-corrected chi connectivity index (χ1v) is 23.1. The van der Waals surface area contributed by atoms with Crippen molar-refractivity contribution >= 4 is 11.9 Å². The molecule has 0 heterocycles. The lowest BCUT2D eigenvalue weighted by molar-refractivity contribution is -0.143. The van der Waals surface area contributed by atoms with E-state index in [0.717, 1.165) is 77.0 Å². The van der Waals surface area contributed by atoms with Gasteiger partial charge in [-0.25, -0.2) is 0 Å². The number of aliphatic hydroxyl groups is 2. The van der Waals surface area contributed by atoms with Crippen LogP contribution >= 0.6 is 0 Å². The maximum Gasteiger partial charge on any atom is 0.305 e. The van der Waals surface area contributed by atoms with Gasteiger partial charge in [-0.15, -0.1) is 0 Å². The van der Waals surface area contributed by atoms with Gasteiger partial charge in [0.05, 0.1) is 25.4 Å². The summed E-state index contributed by atoms with van der Waals surface area (Å²) < 4.78 is 5.41. The molecule has 0 spiro atoms. The molecule has 0 aromatic rings. The van der Waals surface area contributed by atoms with E-state index in [4.69, 9.17) is 4.74 Å². The Morgan fingerprint density at radius 1 is 0.509 bits per heavy atom. The van der Waals surface area contributed by atoms with Crippen molar-refractivity contribution in [3.8, 4) is 0 Å². The van der Waals surface area contributed by atoms with Gasteiger partial charge in [0, 0.05) is 12.8 Å². The van der Waals surface area contributed by atoms with Crippen LogP contribution < -0.4 is 5.32 Å². The Hall–Kier alpha value is -1.66. The van der Waals surface area contributed by atoms with Crippen LogP contribution in [0.15, 0.2) is 24.3 Å². The summed E-state index contributed by atoms with van der Waals surface area (Å²) in [5.74, 6) is -0.119. The average Bonchev–Trinajstić information content (AvgIpc) is 3.16. The first-order valence-electron chi connectivity index (χ1n) is 23.1. The Kier molecular flexibility index (Phi) is 41.7. The molecule has 0 saturated heterocycles. The molecule has 312 valence electrons. The van der Waals surface area contributed by atoms with Gasteiger partial charge in [-0.3, -0.25) is 9.59 Å². The molecule has 3 N–H and O–H groups in total. The number of unbranched alkanes of at least 4 members (excludes halogenated alkanes) is 27. The molecule has 6 nitrogen and oxygen atoms in total. The second-order valence-electron chi connectivity index (χ2n) is 15.7. The molecule has 0 aromatic carbocycles. The third kappa shape index (κ3) is 39.8. The number of esters is 1. The van der Waals surface area contributed by atoms with Gasteiger partial charge < -0.3 is 20.3 Å². The van der Waals surface area contributed by atoms with Crippen molar-refractivity contribution in [3.05, 3.63) is 24.3 Å².